The summed E-state index contributed by atoms with van der Waals surface area (Å²) in [6, 6.07) is 7.44. The summed E-state index contributed by atoms with van der Waals surface area (Å²) in [7, 11) is 1.61. The van der Waals surface area contributed by atoms with Gasteiger partial charge in [-0.2, -0.15) is 0 Å². The third-order valence-corrected chi connectivity index (χ3v) is 3.98. The van der Waals surface area contributed by atoms with Crippen molar-refractivity contribution in [3.8, 4) is 5.75 Å². The molecule has 5 nitrogen and oxygen atoms in total. The molecule has 1 N–H and O–H groups in total. The third-order valence-electron chi connectivity index (χ3n) is 3.98. The highest BCUT2D eigenvalue weighted by Gasteiger charge is 2.27. The molecule has 0 radical (unpaired) electrons. The van der Waals surface area contributed by atoms with E-state index in [1.54, 1.807) is 7.11 Å². The van der Waals surface area contributed by atoms with Crippen LogP contribution in [0.1, 0.15) is 25.8 Å². The molecule has 0 saturated carbocycles. The van der Waals surface area contributed by atoms with Gasteiger partial charge in [-0.3, -0.25) is 4.79 Å². The number of amides is 1. The molecule has 1 aromatic carbocycles. The van der Waals surface area contributed by atoms with E-state index in [0.717, 1.165) is 17.7 Å². The minimum Gasteiger partial charge on any atom is -0.496 e. The molecule has 2 atom stereocenters. The molecule has 2 rings (SSSR count). The van der Waals surface area contributed by atoms with Gasteiger partial charge < -0.3 is 19.5 Å². The van der Waals surface area contributed by atoms with Crippen molar-refractivity contribution in [3.63, 3.8) is 0 Å². The van der Waals surface area contributed by atoms with Crippen LogP contribution in [0.2, 0.25) is 0 Å². The molecule has 0 aromatic heterocycles. The zero-order valence-corrected chi connectivity index (χ0v) is 14.7. The molecule has 24 heavy (non-hydrogen) atoms. The van der Waals surface area contributed by atoms with Crippen molar-refractivity contribution in [2.24, 2.45) is 0 Å². The fourth-order valence-corrected chi connectivity index (χ4v) is 2.67. The Morgan fingerprint density at radius 2 is 2.17 bits per heavy atom. The van der Waals surface area contributed by atoms with Gasteiger partial charge in [-0.05, 0) is 26.3 Å². The van der Waals surface area contributed by atoms with E-state index >= 15 is 0 Å². The Morgan fingerprint density at radius 1 is 1.38 bits per heavy atom. The lowest BCUT2D eigenvalue weighted by atomic mass is 10.1. The van der Waals surface area contributed by atoms with E-state index in [1.165, 1.54) is 5.57 Å². The number of para-hydroxylation sites is 1. The van der Waals surface area contributed by atoms with E-state index in [0.29, 0.717) is 19.8 Å². The highest BCUT2D eigenvalue weighted by atomic mass is 16.5. The summed E-state index contributed by atoms with van der Waals surface area (Å²) in [5.41, 5.74) is 2.09. The molecule has 0 unspecified atom stereocenters. The van der Waals surface area contributed by atoms with Crippen LogP contribution in [0.4, 0.5) is 0 Å². The quantitative estimate of drug-likeness (QED) is 0.779. The minimum atomic E-state index is -0.119. The van der Waals surface area contributed by atoms with Crippen LogP contribution in [-0.4, -0.2) is 45.0 Å². The van der Waals surface area contributed by atoms with Crippen LogP contribution in [-0.2, 0) is 20.7 Å². The predicted molar refractivity (Wildman–Crippen MR) is 93.2 cm³/mol. The molecule has 1 aliphatic heterocycles. The van der Waals surface area contributed by atoms with E-state index in [1.807, 2.05) is 44.2 Å². The Labute approximate surface area is 144 Å². The standard InChI is InChI=1S/C19H27NO4/c1-14(2)8-11-24-18-9-10-23-13-16(18)20-19(21)12-15-6-4-5-7-17(15)22-3/h4-8,16,18H,9-13H2,1-3H3,(H,20,21)/t16-,18+/m0/s1. The number of hydrogen-bond donors (Lipinski definition) is 1. The molecule has 0 spiro atoms. The number of carbonyl (C=O) groups is 1. The van der Waals surface area contributed by atoms with Crippen molar-refractivity contribution < 1.29 is 19.0 Å². The maximum absolute atomic E-state index is 12.4. The molecule has 1 fully saturated rings. The Hall–Kier alpha value is -1.85. The minimum absolute atomic E-state index is 0.0176. The fourth-order valence-electron chi connectivity index (χ4n) is 2.67. The first kappa shape index (κ1) is 18.5. The average molecular weight is 333 g/mol. The van der Waals surface area contributed by atoms with E-state index in [9.17, 15) is 4.79 Å². The van der Waals surface area contributed by atoms with Crippen LogP contribution in [0.5, 0.6) is 5.75 Å². The zero-order chi connectivity index (χ0) is 17.4. The summed E-state index contributed by atoms with van der Waals surface area (Å²) in [6.45, 7) is 5.79. The number of benzene rings is 1. The van der Waals surface area contributed by atoms with Gasteiger partial charge in [-0.25, -0.2) is 0 Å². The molecule has 132 valence electrons. The monoisotopic (exact) mass is 333 g/mol. The Bertz CT molecular complexity index is 566. The molecule has 1 amide bonds. The number of carbonyl (C=O) groups excluding carboxylic acids is 1. The second-order valence-corrected chi connectivity index (χ2v) is 6.18. The van der Waals surface area contributed by atoms with Gasteiger partial charge in [-0.1, -0.05) is 29.8 Å². The molecular weight excluding hydrogens is 306 g/mol. The molecular formula is C19H27NO4. The van der Waals surface area contributed by atoms with Gasteiger partial charge in [0.25, 0.3) is 0 Å². The van der Waals surface area contributed by atoms with Crippen LogP contribution in [0.25, 0.3) is 0 Å². The summed E-state index contributed by atoms with van der Waals surface area (Å²) in [5, 5.41) is 3.04. The molecule has 1 heterocycles. The number of rotatable bonds is 7. The van der Waals surface area contributed by atoms with Crippen molar-refractivity contribution in [1.82, 2.24) is 5.32 Å². The third kappa shape index (κ3) is 5.65. The van der Waals surface area contributed by atoms with Gasteiger partial charge in [0.05, 0.1) is 38.9 Å². The smallest absolute Gasteiger partial charge is 0.224 e. The first-order valence-electron chi connectivity index (χ1n) is 8.34. The lowest BCUT2D eigenvalue weighted by Crippen LogP contribution is -2.51. The second-order valence-electron chi connectivity index (χ2n) is 6.18. The molecule has 5 heteroatoms. The number of nitrogens with one attached hydrogen (secondary N) is 1. The van der Waals surface area contributed by atoms with E-state index in [4.69, 9.17) is 14.2 Å². The summed E-state index contributed by atoms with van der Waals surface area (Å²) >= 11 is 0. The first-order valence-corrected chi connectivity index (χ1v) is 8.34. The van der Waals surface area contributed by atoms with E-state index in [-0.39, 0.29) is 24.5 Å². The zero-order valence-electron chi connectivity index (χ0n) is 14.7. The number of methoxy groups -OCH3 is 1. The highest BCUT2D eigenvalue weighted by molar-refractivity contribution is 5.79. The van der Waals surface area contributed by atoms with E-state index in [2.05, 4.69) is 5.32 Å². The number of hydrogen-bond acceptors (Lipinski definition) is 4. The highest BCUT2D eigenvalue weighted by Crippen LogP contribution is 2.18. The first-order chi connectivity index (χ1) is 11.6. The van der Waals surface area contributed by atoms with Gasteiger partial charge >= 0.3 is 0 Å². The van der Waals surface area contributed by atoms with Crippen LogP contribution in [0, 0.1) is 0 Å². The van der Waals surface area contributed by atoms with Crippen LogP contribution in [0.3, 0.4) is 0 Å². The molecule has 1 aliphatic rings. The Morgan fingerprint density at radius 3 is 2.92 bits per heavy atom. The second kappa shape index (κ2) is 9.45. The fraction of sp³-hybridized carbons (Fsp3) is 0.526. The topological polar surface area (TPSA) is 56.8 Å². The van der Waals surface area contributed by atoms with Gasteiger partial charge in [0.2, 0.25) is 5.91 Å². The van der Waals surface area contributed by atoms with Crippen LogP contribution < -0.4 is 10.1 Å². The lowest BCUT2D eigenvalue weighted by molar-refractivity contribution is -0.125. The lowest BCUT2D eigenvalue weighted by Gasteiger charge is -2.32. The van der Waals surface area contributed by atoms with Gasteiger partial charge in [0.15, 0.2) is 0 Å². The molecule has 0 aliphatic carbocycles. The van der Waals surface area contributed by atoms with Crippen LogP contribution in [0.15, 0.2) is 35.9 Å². The molecule has 1 saturated heterocycles. The summed E-state index contributed by atoms with van der Waals surface area (Å²) in [5.74, 6) is 0.676. The largest absolute Gasteiger partial charge is 0.496 e. The molecule has 0 bridgehead atoms. The number of allylic oxidation sites excluding steroid dienone is 1. The molecule has 1 aromatic rings. The van der Waals surface area contributed by atoms with Crippen molar-refractivity contribution in [2.75, 3.05) is 26.9 Å². The Balaban J connectivity index is 1.91. The maximum Gasteiger partial charge on any atom is 0.224 e. The maximum atomic E-state index is 12.4. The SMILES string of the molecule is COc1ccccc1CC(=O)N[C@H]1COCC[C@H]1OCC=C(C)C. The van der Waals surface area contributed by atoms with Crippen molar-refractivity contribution in [3.05, 3.63) is 41.5 Å². The van der Waals surface area contributed by atoms with Gasteiger partial charge in [-0.15, -0.1) is 0 Å². The van der Waals surface area contributed by atoms with E-state index < -0.39 is 0 Å². The van der Waals surface area contributed by atoms with Crippen molar-refractivity contribution in [2.45, 2.75) is 38.8 Å². The normalized spacial score (nSPS) is 20.3. The van der Waals surface area contributed by atoms with Gasteiger partial charge in [0.1, 0.15) is 5.75 Å². The summed E-state index contributed by atoms with van der Waals surface area (Å²) in [4.78, 5) is 12.4. The Kier molecular flexibility index (Phi) is 7.28. The predicted octanol–water partition coefficient (Wildman–Crippen LogP) is 2.49. The number of ether oxygens (including phenoxy) is 3. The van der Waals surface area contributed by atoms with Crippen molar-refractivity contribution in [1.29, 1.82) is 0 Å². The summed E-state index contributed by atoms with van der Waals surface area (Å²) < 4.78 is 16.7. The van der Waals surface area contributed by atoms with Crippen molar-refractivity contribution >= 4 is 5.91 Å². The summed E-state index contributed by atoms with van der Waals surface area (Å²) in [6.07, 6.45) is 3.09. The van der Waals surface area contributed by atoms with Crippen LogP contribution >= 0.6 is 0 Å². The average Bonchev–Trinajstić information content (AvgIpc) is 2.56. The van der Waals surface area contributed by atoms with Gasteiger partial charge in [0, 0.05) is 12.2 Å².